The number of rotatable bonds is 6. The van der Waals surface area contributed by atoms with Gasteiger partial charge in [-0.15, -0.1) is 0 Å². The van der Waals surface area contributed by atoms with Crippen molar-refractivity contribution in [2.24, 2.45) is 5.92 Å². The molecular weight excluding hydrogens is 344 g/mol. The van der Waals surface area contributed by atoms with Crippen LogP contribution in [0.3, 0.4) is 0 Å². The number of fused-ring (bicyclic) bond motifs is 1. The summed E-state index contributed by atoms with van der Waals surface area (Å²) in [6.45, 7) is 0.655. The van der Waals surface area contributed by atoms with Crippen LogP contribution in [-0.2, 0) is 16.1 Å². The molecule has 1 aromatic carbocycles. The van der Waals surface area contributed by atoms with E-state index in [9.17, 15) is 9.59 Å². The van der Waals surface area contributed by atoms with Gasteiger partial charge in [0.15, 0.2) is 5.65 Å². The lowest BCUT2D eigenvalue weighted by Gasteiger charge is -2.15. The summed E-state index contributed by atoms with van der Waals surface area (Å²) in [5.41, 5.74) is 2.87. The molecule has 27 heavy (non-hydrogen) atoms. The fourth-order valence-corrected chi connectivity index (χ4v) is 3.12. The second-order valence-electron chi connectivity index (χ2n) is 6.74. The van der Waals surface area contributed by atoms with Crippen molar-refractivity contribution in [3.63, 3.8) is 0 Å². The maximum atomic E-state index is 12.6. The summed E-state index contributed by atoms with van der Waals surface area (Å²) in [6, 6.07) is 11.1. The lowest BCUT2D eigenvalue weighted by Crippen LogP contribution is -2.43. The zero-order chi connectivity index (χ0) is 18.8. The van der Waals surface area contributed by atoms with Gasteiger partial charge in [-0.25, -0.2) is 14.8 Å². The van der Waals surface area contributed by atoms with Crippen molar-refractivity contribution in [1.82, 2.24) is 19.9 Å². The molecule has 1 aliphatic carbocycles. The normalized spacial score (nSPS) is 14.7. The Morgan fingerprint density at radius 2 is 2.04 bits per heavy atom. The number of ether oxygens (including phenoxy) is 1. The number of imidazole rings is 1. The van der Waals surface area contributed by atoms with Crippen LogP contribution in [0.2, 0.25) is 0 Å². The molecule has 1 saturated carbocycles. The van der Waals surface area contributed by atoms with Crippen LogP contribution in [0.1, 0.15) is 28.8 Å². The Morgan fingerprint density at radius 3 is 2.74 bits per heavy atom. The molecule has 0 saturated heterocycles. The monoisotopic (exact) mass is 364 g/mol. The van der Waals surface area contributed by atoms with Gasteiger partial charge in [0.1, 0.15) is 11.6 Å². The summed E-state index contributed by atoms with van der Waals surface area (Å²) in [5.74, 6) is -0.598. The van der Waals surface area contributed by atoms with Gasteiger partial charge >= 0.3 is 5.97 Å². The van der Waals surface area contributed by atoms with Crippen molar-refractivity contribution in [1.29, 1.82) is 0 Å². The number of esters is 1. The summed E-state index contributed by atoms with van der Waals surface area (Å²) in [5, 5.41) is 2.77. The summed E-state index contributed by atoms with van der Waals surface area (Å²) in [4.78, 5) is 33.2. The lowest BCUT2D eigenvalue weighted by atomic mass is 10.1. The highest BCUT2D eigenvalue weighted by Gasteiger charge is 2.38. The van der Waals surface area contributed by atoms with Crippen LogP contribution >= 0.6 is 0 Å². The second-order valence-corrected chi connectivity index (χ2v) is 6.74. The minimum absolute atomic E-state index is 0.156. The Balaban J connectivity index is 1.53. The molecule has 7 heteroatoms. The molecule has 0 aliphatic heterocycles. The number of hydrogen-bond donors (Lipinski definition) is 1. The number of aromatic nitrogens is 3. The zero-order valence-corrected chi connectivity index (χ0v) is 15.0. The SMILES string of the molecule is COC(=O)[C@@H](NC(=O)c1cnc2c(c1)ncn2Cc1ccccc1)C1CC1. The van der Waals surface area contributed by atoms with Gasteiger partial charge in [-0.2, -0.15) is 0 Å². The van der Waals surface area contributed by atoms with Gasteiger partial charge in [-0.1, -0.05) is 30.3 Å². The molecule has 3 aromatic rings. The van der Waals surface area contributed by atoms with Crippen LogP contribution in [0, 0.1) is 5.92 Å². The van der Waals surface area contributed by atoms with Gasteiger partial charge in [-0.3, -0.25) is 4.79 Å². The van der Waals surface area contributed by atoms with E-state index in [2.05, 4.69) is 15.3 Å². The minimum Gasteiger partial charge on any atom is -0.467 e. The Hall–Kier alpha value is -3.22. The predicted octanol–water partition coefficient (Wildman–Crippen LogP) is 2.16. The van der Waals surface area contributed by atoms with Crippen molar-refractivity contribution in [2.75, 3.05) is 7.11 Å². The van der Waals surface area contributed by atoms with Crippen molar-refractivity contribution in [3.05, 3.63) is 60.0 Å². The largest absolute Gasteiger partial charge is 0.467 e. The summed E-state index contributed by atoms with van der Waals surface area (Å²) in [6.07, 6.45) is 5.07. The van der Waals surface area contributed by atoms with E-state index in [0.29, 0.717) is 23.3 Å². The summed E-state index contributed by atoms with van der Waals surface area (Å²) in [7, 11) is 1.33. The fourth-order valence-electron chi connectivity index (χ4n) is 3.12. The van der Waals surface area contributed by atoms with Crippen LogP contribution in [0.15, 0.2) is 48.9 Å². The summed E-state index contributed by atoms with van der Waals surface area (Å²) >= 11 is 0. The van der Waals surface area contributed by atoms with Gasteiger partial charge in [0, 0.05) is 6.20 Å². The van der Waals surface area contributed by atoms with Crippen molar-refractivity contribution >= 4 is 23.0 Å². The van der Waals surface area contributed by atoms with E-state index < -0.39 is 12.0 Å². The number of nitrogens with one attached hydrogen (secondary N) is 1. The third-order valence-electron chi connectivity index (χ3n) is 4.75. The molecule has 2 heterocycles. The molecule has 1 atom stereocenters. The average molecular weight is 364 g/mol. The van der Waals surface area contributed by atoms with Crippen LogP contribution in [0.25, 0.3) is 11.2 Å². The van der Waals surface area contributed by atoms with E-state index in [1.807, 2.05) is 34.9 Å². The van der Waals surface area contributed by atoms with Gasteiger partial charge in [0.25, 0.3) is 5.91 Å². The van der Waals surface area contributed by atoms with Crippen molar-refractivity contribution in [3.8, 4) is 0 Å². The molecule has 1 fully saturated rings. The minimum atomic E-state index is -0.603. The molecule has 4 rings (SSSR count). The highest BCUT2D eigenvalue weighted by atomic mass is 16.5. The van der Waals surface area contributed by atoms with E-state index in [0.717, 1.165) is 18.4 Å². The highest BCUT2D eigenvalue weighted by molar-refractivity contribution is 5.98. The van der Waals surface area contributed by atoms with Crippen molar-refractivity contribution < 1.29 is 14.3 Å². The molecule has 138 valence electrons. The quantitative estimate of drug-likeness (QED) is 0.678. The van der Waals surface area contributed by atoms with Crippen LogP contribution in [0.4, 0.5) is 0 Å². The fraction of sp³-hybridized carbons (Fsp3) is 0.300. The van der Waals surface area contributed by atoms with E-state index in [1.165, 1.54) is 13.3 Å². The number of nitrogens with zero attached hydrogens (tertiary/aromatic N) is 3. The predicted molar refractivity (Wildman–Crippen MR) is 99.1 cm³/mol. The first kappa shape index (κ1) is 17.2. The van der Waals surface area contributed by atoms with Crippen molar-refractivity contribution in [2.45, 2.75) is 25.4 Å². The molecule has 1 amide bonds. The van der Waals surface area contributed by atoms with Crippen LogP contribution < -0.4 is 5.32 Å². The molecule has 2 aromatic heterocycles. The molecule has 7 nitrogen and oxygen atoms in total. The van der Waals surface area contributed by atoms with E-state index in [4.69, 9.17) is 4.74 Å². The first-order chi connectivity index (χ1) is 13.2. The maximum absolute atomic E-state index is 12.6. The average Bonchev–Trinajstić information content (AvgIpc) is 3.47. The van der Waals surface area contributed by atoms with Gasteiger partial charge in [0.2, 0.25) is 0 Å². The van der Waals surface area contributed by atoms with Crippen LogP contribution in [-0.4, -0.2) is 39.6 Å². The van der Waals surface area contributed by atoms with Crippen LogP contribution in [0.5, 0.6) is 0 Å². The number of carbonyl (C=O) groups excluding carboxylic acids is 2. The second kappa shape index (κ2) is 7.19. The number of hydrogen-bond acceptors (Lipinski definition) is 5. The lowest BCUT2D eigenvalue weighted by molar-refractivity contribution is -0.143. The topological polar surface area (TPSA) is 86.1 Å². The Labute approximate surface area is 156 Å². The Bertz CT molecular complexity index is 979. The Morgan fingerprint density at radius 1 is 1.26 bits per heavy atom. The first-order valence-corrected chi connectivity index (χ1v) is 8.89. The number of pyridine rings is 1. The number of carbonyl (C=O) groups is 2. The summed E-state index contributed by atoms with van der Waals surface area (Å²) < 4.78 is 6.73. The molecule has 1 aliphatic rings. The first-order valence-electron chi connectivity index (χ1n) is 8.89. The zero-order valence-electron chi connectivity index (χ0n) is 15.0. The van der Waals surface area contributed by atoms with Gasteiger partial charge < -0.3 is 14.6 Å². The molecule has 0 radical (unpaired) electrons. The van der Waals surface area contributed by atoms with Gasteiger partial charge in [0.05, 0.1) is 25.5 Å². The molecule has 0 bridgehead atoms. The highest BCUT2D eigenvalue weighted by Crippen LogP contribution is 2.33. The number of methoxy groups -OCH3 is 1. The number of benzene rings is 1. The standard InChI is InChI=1S/C20H20N4O3/c1-27-20(26)17(14-7-8-14)23-19(25)15-9-16-18(21-10-15)24(12-22-16)11-13-5-3-2-4-6-13/h2-6,9-10,12,14,17H,7-8,11H2,1H3,(H,23,25)/t17-/m0/s1. The number of amides is 1. The third-order valence-corrected chi connectivity index (χ3v) is 4.75. The smallest absolute Gasteiger partial charge is 0.328 e. The molecule has 0 unspecified atom stereocenters. The molecule has 0 spiro atoms. The van der Waals surface area contributed by atoms with Gasteiger partial charge in [-0.05, 0) is 30.4 Å². The molecule has 1 N–H and O–H groups in total. The maximum Gasteiger partial charge on any atom is 0.328 e. The van der Waals surface area contributed by atoms with E-state index in [-0.39, 0.29) is 11.8 Å². The third kappa shape index (κ3) is 3.67. The molecular formula is C20H20N4O3. The van der Waals surface area contributed by atoms with E-state index in [1.54, 1.807) is 12.4 Å². The van der Waals surface area contributed by atoms with E-state index >= 15 is 0 Å². The Kier molecular flexibility index (Phi) is 4.58.